The number of hydrogen-bond donors (Lipinski definition) is 2. The average Bonchev–Trinajstić information content (AvgIpc) is 2.88. The summed E-state index contributed by atoms with van der Waals surface area (Å²) in [6.45, 7) is 6.87. The number of rotatable bonds is 8. The molecule has 1 rings (SSSR count). The second kappa shape index (κ2) is 8.54. The summed E-state index contributed by atoms with van der Waals surface area (Å²) in [6, 6.07) is 0.559. The second-order valence-corrected chi connectivity index (χ2v) is 5.77. The van der Waals surface area contributed by atoms with Gasteiger partial charge in [0.25, 0.3) is 0 Å². The summed E-state index contributed by atoms with van der Waals surface area (Å²) < 4.78 is 0. The lowest BCUT2D eigenvalue weighted by atomic mass is 10.1. The van der Waals surface area contributed by atoms with Crippen LogP contribution in [-0.4, -0.2) is 47.2 Å². The van der Waals surface area contributed by atoms with Crippen LogP contribution >= 0.6 is 0 Å². The van der Waals surface area contributed by atoms with Gasteiger partial charge < -0.3 is 10.4 Å². The summed E-state index contributed by atoms with van der Waals surface area (Å²) in [4.78, 5) is 14.4. The molecule has 19 heavy (non-hydrogen) atoms. The monoisotopic (exact) mass is 270 g/mol. The average molecular weight is 270 g/mol. The Morgan fingerprint density at radius 1 is 1.37 bits per heavy atom. The molecule has 0 bridgehead atoms. The molecule has 0 saturated heterocycles. The number of aliphatic hydroxyl groups excluding tert-OH is 1. The van der Waals surface area contributed by atoms with E-state index in [2.05, 4.69) is 24.1 Å². The number of hydrogen-bond acceptors (Lipinski definition) is 3. The van der Waals surface area contributed by atoms with Gasteiger partial charge in [-0.15, -0.1) is 0 Å². The Bertz CT molecular complexity index is 265. The molecule has 4 heteroatoms. The number of aliphatic hydroxyl groups is 1. The normalized spacial score (nSPS) is 19.6. The van der Waals surface area contributed by atoms with Gasteiger partial charge in [-0.2, -0.15) is 0 Å². The molecule has 0 spiro atoms. The second-order valence-electron chi connectivity index (χ2n) is 5.77. The van der Waals surface area contributed by atoms with Crippen LogP contribution < -0.4 is 5.32 Å². The summed E-state index contributed by atoms with van der Waals surface area (Å²) in [5.74, 6) is 0.0984. The maximum absolute atomic E-state index is 12.3. The van der Waals surface area contributed by atoms with Crippen molar-refractivity contribution in [1.82, 2.24) is 10.2 Å². The van der Waals surface area contributed by atoms with Crippen molar-refractivity contribution in [3.63, 3.8) is 0 Å². The van der Waals surface area contributed by atoms with E-state index in [-0.39, 0.29) is 24.6 Å². The van der Waals surface area contributed by atoms with Gasteiger partial charge in [0.15, 0.2) is 0 Å². The molecule has 2 atom stereocenters. The van der Waals surface area contributed by atoms with Gasteiger partial charge in [0.1, 0.15) is 0 Å². The van der Waals surface area contributed by atoms with E-state index < -0.39 is 0 Å². The lowest BCUT2D eigenvalue weighted by molar-refractivity contribution is -0.127. The minimum absolute atomic E-state index is 0.0984. The fraction of sp³-hybridized carbons (Fsp3) is 0.933. The van der Waals surface area contributed by atoms with E-state index in [9.17, 15) is 9.90 Å². The first-order valence-corrected chi connectivity index (χ1v) is 7.77. The van der Waals surface area contributed by atoms with Crippen LogP contribution in [0.3, 0.4) is 0 Å². The lowest BCUT2D eigenvalue weighted by Crippen LogP contribution is -2.51. The fourth-order valence-electron chi connectivity index (χ4n) is 3.06. The minimum Gasteiger partial charge on any atom is -0.395 e. The predicted molar refractivity (Wildman–Crippen MR) is 78.0 cm³/mol. The van der Waals surface area contributed by atoms with E-state index in [1.165, 1.54) is 12.8 Å². The summed E-state index contributed by atoms with van der Waals surface area (Å²) in [6.07, 6.45) is 6.89. The highest BCUT2D eigenvalue weighted by Crippen LogP contribution is 2.25. The zero-order valence-corrected chi connectivity index (χ0v) is 12.7. The molecule has 1 saturated carbocycles. The van der Waals surface area contributed by atoms with E-state index >= 15 is 0 Å². The van der Waals surface area contributed by atoms with Crippen LogP contribution in [0.2, 0.25) is 0 Å². The summed E-state index contributed by atoms with van der Waals surface area (Å²) >= 11 is 0. The standard InChI is InChI=1S/C15H30N2O2/c1-4-7-12(2)16-15(19)13(3)17(10-11-18)14-8-5-6-9-14/h12-14,18H,4-11H2,1-3H3,(H,16,19). The predicted octanol–water partition coefficient (Wildman–Crippen LogP) is 1.92. The van der Waals surface area contributed by atoms with Crippen LogP contribution in [0.4, 0.5) is 0 Å². The van der Waals surface area contributed by atoms with Crippen LogP contribution in [0.5, 0.6) is 0 Å². The fourth-order valence-corrected chi connectivity index (χ4v) is 3.06. The molecule has 0 aromatic heterocycles. The Labute approximate surface area is 117 Å². The molecule has 0 aromatic carbocycles. The van der Waals surface area contributed by atoms with Crippen molar-refractivity contribution in [2.24, 2.45) is 0 Å². The van der Waals surface area contributed by atoms with Crippen molar-refractivity contribution in [3.05, 3.63) is 0 Å². The van der Waals surface area contributed by atoms with E-state index in [1.54, 1.807) is 0 Å². The molecule has 0 radical (unpaired) electrons. The van der Waals surface area contributed by atoms with E-state index in [0.29, 0.717) is 12.6 Å². The van der Waals surface area contributed by atoms with Crippen LogP contribution in [0.1, 0.15) is 59.3 Å². The van der Waals surface area contributed by atoms with E-state index in [0.717, 1.165) is 25.7 Å². The van der Waals surface area contributed by atoms with Gasteiger partial charge >= 0.3 is 0 Å². The van der Waals surface area contributed by atoms with E-state index in [4.69, 9.17) is 0 Å². The number of nitrogens with zero attached hydrogens (tertiary/aromatic N) is 1. The molecule has 4 nitrogen and oxygen atoms in total. The topological polar surface area (TPSA) is 52.6 Å². The Morgan fingerprint density at radius 3 is 2.53 bits per heavy atom. The molecular formula is C15H30N2O2. The number of carbonyl (C=O) groups excluding carboxylic acids is 1. The van der Waals surface area contributed by atoms with Crippen LogP contribution in [0, 0.1) is 0 Å². The third kappa shape index (κ3) is 5.11. The Morgan fingerprint density at radius 2 is 2.00 bits per heavy atom. The van der Waals surface area contributed by atoms with Crippen molar-refractivity contribution in [2.75, 3.05) is 13.2 Å². The number of carbonyl (C=O) groups is 1. The van der Waals surface area contributed by atoms with Crippen molar-refractivity contribution in [2.45, 2.75) is 77.4 Å². The molecule has 112 valence electrons. The largest absolute Gasteiger partial charge is 0.395 e. The maximum atomic E-state index is 12.3. The van der Waals surface area contributed by atoms with Crippen molar-refractivity contribution < 1.29 is 9.90 Å². The van der Waals surface area contributed by atoms with Gasteiger partial charge in [-0.3, -0.25) is 9.69 Å². The Hall–Kier alpha value is -0.610. The molecule has 2 unspecified atom stereocenters. The van der Waals surface area contributed by atoms with Crippen molar-refractivity contribution in [3.8, 4) is 0 Å². The zero-order chi connectivity index (χ0) is 14.3. The highest BCUT2D eigenvalue weighted by molar-refractivity contribution is 5.81. The van der Waals surface area contributed by atoms with Gasteiger partial charge in [0.05, 0.1) is 12.6 Å². The van der Waals surface area contributed by atoms with Gasteiger partial charge in [0, 0.05) is 18.6 Å². The molecule has 0 aromatic rings. The third-order valence-electron chi connectivity index (χ3n) is 4.14. The summed E-state index contributed by atoms with van der Waals surface area (Å²) in [5.41, 5.74) is 0. The summed E-state index contributed by atoms with van der Waals surface area (Å²) in [7, 11) is 0. The molecular weight excluding hydrogens is 240 g/mol. The highest BCUT2D eigenvalue weighted by Gasteiger charge is 2.29. The SMILES string of the molecule is CCCC(C)NC(=O)C(C)N(CCO)C1CCCC1. The molecule has 1 amide bonds. The van der Waals surface area contributed by atoms with Crippen LogP contribution in [0.15, 0.2) is 0 Å². The van der Waals surface area contributed by atoms with Gasteiger partial charge in [-0.25, -0.2) is 0 Å². The lowest BCUT2D eigenvalue weighted by Gasteiger charge is -2.33. The smallest absolute Gasteiger partial charge is 0.237 e. The molecule has 0 heterocycles. The third-order valence-corrected chi connectivity index (χ3v) is 4.14. The first-order chi connectivity index (χ1) is 9.10. The highest BCUT2D eigenvalue weighted by atomic mass is 16.3. The van der Waals surface area contributed by atoms with Gasteiger partial charge in [-0.05, 0) is 33.1 Å². The summed E-state index contributed by atoms with van der Waals surface area (Å²) in [5, 5.41) is 12.3. The first-order valence-electron chi connectivity index (χ1n) is 7.77. The van der Waals surface area contributed by atoms with Gasteiger partial charge in [-0.1, -0.05) is 26.2 Å². The van der Waals surface area contributed by atoms with Crippen LogP contribution in [-0.2, 0) is 4.79 Å². The molecule has 2 N–H and O–H groups in total. The minimum atomic E-state index is -0.144. The zero-order valence-electron chi connectivity index (χ0n) is 12.7. The number of nitrogens with one attached hydrogen (secondary N) is 1. The van der Waals surface area contributed by atoms with Gasteiger partial charge in [0.2, 0.25) is 5.91 Å². The quantitative estimate of drug-likeness (QED) is 0.708. The van der Waals surface area contributed by atoms with E-state index in [1.807, 2.05) is 6.92 Å². The maximum Gasteiger partial charge on any atom is 0.237 e. The first kappa shape index (κ1) is 16.4. The molecule has 0 aliphatic heterocycles. The molecule has 1 fully saturated rings. The van der Waals surface area contributed by atoms with Crippen LogP contribution in [0.25, 0.3) is 0 Å². The Kier molecular flexibility index (Phi) is 7.39. The Balaban J connectivity index is 2.54. The van der Waals surface area contributed by atoms with Crippen molar-refractivity contribution >= 4 is 5.91 Å². The molecule has 1 aliphatic carbocycles. The molecule has 1 aliphatic rings. The number of amides is 1. The van der Waals surface area contributed by atoms with Crippen molar-refractivity contribution in [1.29, 1.82) is 0 Å².